The van der Waals surface area contributed by atoms with Crippen molar-refractivity contribution in [1.29, 1.82) is 0 Å². The predicted molar refractivity (Wildman–Crippen MR) is 106 cm³/mol. The molecule has 1 saturated carbocycles. The molecule has 1 N–H and O–H groups in total. The van der Waals surface area contributed by atoms with Gasteiger partial charge in [0.25, 0.3) is 0 Å². The summed E-state index contributed by atoms with van der Waals surface area (Å²) in [5, 5.41) is 3.17. The van der Waals surface area contributed by atoms with Crippen LogP contribution in [0.5, 0.6) is 0 Å². The fourth-order valence-corrected chi connectivity index (χ4v) is 3.98. The zero-order chi connectivity index (χ0) is 17.5. The van der Waals surface area contributed by atoms with E-state index in [1.54, 1.807) is 4.31 Å². The van der Waals surface area contributed by atoms with E-state index < -0.39 is 0 Å². The smallest absolute Gasteiger partial charge is 0.332 e. The van der Waals surface area contributed by atoms with Gasteiger partial charge in [0.05, 0.1) is 5.69 Å². The van der Waals surface area contributed by atoms with E-state index in [2.05, 4.69) is 51.0 Å². The standard InChI is InChI=1S/C20H32N2OS/c1-4-10-15-13-16(5-2)19(17(6-3)14-15)22(24)20(23)21-18-11-8-7-9-12-18/h13-14,18,24H,4-12H2,1-3H3,(H,21,23). The summed E-state index contributed by atoms with van der Waals surface area (Å²) < 4.78 is 1.54. The monoisotopic (exact) mass is 348 g/mol. The Morgan fingerprint density at radius 3 is 2.21 bits per heavy atom. The van der Waals surface area contributed by atoms with Crippen molar-refractivity contribution in [2.75, 3.05) is 4.31 Å². The van der Waals surface area contributed by atoms with E-state index in [9.17, 15) is 4.79 Å². The number of rotatable bonds is 6. The lowest BCUT2D eigenvalue weighted by atomic mass is 9.95. The van der Waals surface area contributed by atoms with Gasteiger partial charge in [0.2, 0.25) is 0 Å². The van der Waals surface area contributed by atoms with Gasteiger partial charge in [-0.15, -0.1) is 0 Å². The summed E-state index contributed by atoms with van der Waals surface area (Å²) in [6.45, 7) is 6.50. The number of carbonyl (C=O) groups is 1. The zero-order valence-electron chi connectivity index (χ0n) is 15.4. The van der Waals surface area contributed by atoms with Crippen LogP contribution in [0.3, 0.4) is 0 Å². The Balaban J connectivity index is 2.22. The molecule has 0 spiro atoms. The molecule has 1 aliphatic rings. The molecule has 2 amide bonds. The number of urea groups is 1. The highest BCUT2D eigenvalue weighted by Crippen LogP contribution is 2.31. The van der Waals surface area contributed by atoms with Crippen molar-refractivity contribution in [3.8, 4) is 0 Å². The van der Waals surface area contributed by atoms with Crippen LogP contribution in [-0.2, 0) is 19.3 Å². The van der Waals surface area contributed by atoms with Crippen LogP contribution in [0, 0.1) is 0 Å². The van der Waals surface area contributed by atoms with Crippen molar-refractivity contribution < 1.29 is 4.79 Å². The first-order valence-electron chi connectivity index (χ1n) is 9.54. The molecule has 0 aromatic heterocycles. The zero-order valence-corrected chi connectivity index (χ0v) is 16.3. The minimum Gasteiger partial charge on any atom is -0.334 e. The third-order valence-electron chi connectivity index (χ3n) is 4.97. The molecule has 24 heavy (non-hydrogen) atoms. The maximum atomic E-state index is 12.7. The number of amides is 2. The number of anilines is 1. The average molecular weight is 349 g/mol. The molecule has 1 fully saturated rings. The molecule has 0 aliphatic heterocycles. The van der Waals surface area contributed by atoms with Crippen molar-refractivity contribution in [2.24, 2.45) is 0 Å². The summed E-state index contributed by atoms with van der Waals surface area (Å²) in [6.07, 6.45) is 9.93. The maximum absolute atomic E-state index is 12.7. The molecule has 1 aromatic rings. The number of nitrogens with one attached hydrogen (secondary N) is 1. The molecule has 1 aromatic carbocycles. The van der Waals surface area contributed by atoms with Gasteiger partial charge in [0.1, 0.15) is 0 Å². The van der Waals surface area contributed by atoms with E-state index in [1.807, 2.05) is 0 Å². The summed E-state index contributed by atoms with van der Waals surface area (Å²) in [5.74, 6) is 0. The van der Waals surface area contributed by atoms with Crippen molar-refractivity contribution in [3.05, 3.63) is 28.8 Å². The Kier molecular flexibility index (Phi) is 7.47. The molecular formula is C20H32N2OS. The number of aryl methyl sites for hydroxylation is 3. The van der Waals surface area contributed by atoms with Gasteiger partial charge >= 0.3 is 6.03 Å². The van der Waals surface area contributed by atoms with Crippen LogP contribution in [0.1, 0.15) is 76.0 Å². The predicted octanol–water partition coefficient (Wildman–Crippen LogP) is 5.46. The second kappa shape index (κ2) is 9.36. The molecule has 3 nitrogen and oxygen atoms in total. The second-order valence-electron chi connectivity index (χ2n) is 6.82. The van der Waals surface area contributed by atoms with Crippen LogP contribution < -0.4 is 9.62 Å². The molecule has 0 unspecified atom stereocenters. The van der Waals surface area contributed by atoms with Crippen LogP contribution in [0.15, 0.2) is 12.1 Å². The van der Waals surface area contributed by atoms with E-state index in [0.29, 0.717) is 6.04 Å². The van der Waals surface area contributed by atoms with Crippen LogP contribution in [0.25, 0.3) is 0 Å². The number of hydrogen-bond acceptors (Lipinski definition) is 2. The summed E-state index contributed by atoms with van der Waals surface area (Å²) in [6, 6.07) is 4.71. The maximum Gasteiger partial charge on any atom is 0.332 e. The van der Waals surface area contributed by atoms with Gasteiger partial charge in [0, 0.05) is 6.04 Å². The van der Waals surface area contributed by atoms with E-state index in [0.717, 1.165) is 44.2 Å². The lowest BCUT2D eigenvalue weighted by Crippen LogP contribution is -2.42. The number of carbonyl (C=O) groups excluding carboxylic acids is 1. The van der Waals surface area contributed by atoms with Crippen molar-refractivity contribution in [2.45, 2.75) is 84.6 Å². The van der Waals surface area contributed by atoms with E-state index in [4.69, 9.17) is 0 Å². The fourth-order valence-electron chi connectivity index (χ4n) is 3.66. The highest BCUT2D eigenvalue weighted by Gasteiger charge is 2.22. The minimum atomic E-state index is -0.0853. The van der Waals surface area contributed by atoms with Crippen LogP contribution in [0.4, 0.5) is 10.5 Å². The van der Waals surface area contributed by atoms with E-state index in [1.165, 1.54) is 36.0 Å². The molecule has 0 radical (unpaired) electrons. The van der Waals surface area contributed by atoms with Gasteiger partial charge in [-0.2, -0.15) is 0 Å². The van der Waals surface area contributed by atoms with Gasteiger partial charge in [-0.05, 0) is 48.8 Å². The highest BCUT2D eigenvalue weighted by atomic mass is 32.1. The lowest BCUT2D eigenvalue weighted by molar-refractivity contribution is 0.242. The Morgan fingerprint density at radius 2 is 1.71 bits per heavy atom. The topological polar surface area (TPSA) is 32.3 Å². The summed E-state index contributed by atoms with van der Waals surface area (Å²) in [7, 11) is 0. The van der Waals surface area contributed by atoms with Gasteiger partial charge in [-0.3, -0.25) is 0 Å². The Labute approximate surface area is 152 Å². The van der Waals surface area contributed by atoms with E-state index in [-0.39, 0.29) is 6.03 Å². The minimum absolute atomic E-state index is 0.0853. The van der Waals surface area contributed by atoms with Crippen molar-refractivity contribution in [1.82, 2.24) is 5.32 Å². The lowest BCUT2D eigenvalue weighted by Gasteiger charge is -2.28. The Bertz CT molecular complexity index is 528. The SMILES string of the molecule is CCCc1cc(CC)c(N(S)C(=O)NC2CCCCC2)c(CC)c1. The van der Waals surface area contributed by atoms with Gasteiger partial charge in [-0.1, -0.05) is 71.4 Å². The largest absolute Gasteiger partial charge is 0.334 e. The molecule has 0 saturated heterocycles. The molecule has 134 valence electrons. The van der Waals surface area contributed by atoms with Crippen LogP contribution in [-0.4, -0.2) is 12.1 Å². The van der Waals surface area contributed by atoms with Crippen molar-refractivity contribution >= 4 is 24.5 Å². The normalized spacial score (nSPS) is 15.3. The number of thiol groups is 1. The van der Waals surface area contributed by atoms with Crippen LogP contribution >= 0.6 is 12.8 Å². The number of nitrogens with zero attached hydrogens (tertiary/aromatic N) is 1. The fraction of sp³-hybridized carbons (Fsp3) is 0.650. The second-order valence-corrected chi connectivity index (χ2v) is 7.22. The molecule has 0 atom stereocenters. The average Bonchev–Trinajstić information content (AvgIpc) is 2.61. The molecule has 4 heteroatoms. The van der Waals surface area contributed by atoms with Crippen LogP contribution in [0.2, 0.25) is 0 Å². The first kappa shape index (κ1) is 19.2. The summed E-state index contributed by atoms with van der Waals surface area (Å²) in [4.78, 5) is 12.7. The van der Waals surface area contributed by atoms with Gasteiger partial charge in [0.15, 0.2) is 0 Å². The van der Waals surface area contributed by atoms with Gasteiger partial charge in [-0.25, -0.2) is 9.10 Å². The first-order valence-corrected chi connectivity index (χ1v) is 9.94. The highest BCUT2D eigenvalue weighted by molar-refractivity contribution is 7.82. The Morgan fingerprint density at radius 1 is 1.12 bits per heavy atom. The number of hydrogen-bond donors (Lipinski definition) is 2. The Hall–Kier alpha value is -1.16. The van der Waals surface area contributed by atoms with E-state index >= 15 is 0 Å². The summed E-state index contributed by atoms with van der Waals surface area (Å²) >= 11 is 4.57. The quantitative estimate of drug-likeness (QED) is 0.658. The van der Waals surface area contributed by atoms with Gasteiger partial charge < -0.3 is 5.32 Å². The third-order valence-corrected chi connectivity index (χ3v) is 5.35. The molecular weight excluding hydrogens is 316 g/mol. The molecule has 1 aliphatic carbocycles. The number of benzene rings is 1. The molecule has 0 heterocycles. The summed E-state index contributed by atoms with van der Waals surface area (Å²) in [5.41, 5.74) is 4.78. The molecule has 2 rings (SSSR count). The third kappa shape index (κ3) is 4.69. The first-order chi connectivity index (χ1) is 11.6. The molecule has 0 bridgehead atoms. The van der Waals surface area contributed by atoms with Crippen molar-refractivity contribution in [3.63, 3.8) is 0 Å².